The molecule has 26 heavy (non-hydrogen) atoms. The maximum absolute atomic E-state index is 12.4. The number of hydrogen-bond donors (Lipinski definition) is 3. The number of aliphatic carboxylic acids is 1. The second-order valence-corrected chi connectivity index (χ2v) is 8.88. The summed E-state index contributed by atoms with van der Waals surface area (Å²) in [6, 6.07) is 9.81. The summed E-state index contributed by atoms with van der Waals surface area (Å²) >= 11 is 0. The average Bonchev–Trinajstić information content (AvgIpc) is 2.54. The van der Waals surface area contributed by atoms with Crippen molar-refractivity contribution in [2.45, 2.75) is 29.6 Å². The smallest absolute Gasteiger partial charge is 0.303 e. The number of carbonyl (C=O) groups is 1. The Bertz CT molecular complexity index is 1030. The number of anilines is 1. The van der Waals surface area contributed by atoms with Gasteiger partial charge in [-0.15, -0.1) is 0 Å². The van der Waals surface area contributed by atoms with Crippen LogP contribution >= 0.6 is 0 Å². The van der Waals surface area contributed by atoms with Crippen LogP contribution in [0.25, 0.3) is 0 Å². The molecule has 0 amide bonds. The first-order valence-electron chi connectivity index (χ1n) is 7.46. The third kappa shape index (κ3) is 5.04. The molecule has 0 saturated heterocycles. The molecule has 0 spiro atoms. The van der Waals surface area contributed by atoms with Gasteiger partial charge in [0, 0.05) is 6.42 Å². The number of carboxylic acids is 1. The van der Waals surface area contributed by atoms with Crippen LogP contribution in [0, 0.1) is 6.92 Å². The van der Waals surface area contributed by atoms with Gasteiger partial charge in [-0.3, -0.25) is 9.52 Å². The normalized spacial score (nSPS) is 11.9. The molecule has 0 radical (unpaired) electrons. The van der Waals surface area contributed by atoms with Crippen molar-refractivity contribution in [2.75, 3.05) is 4.72 Å². The van der Waals surface area contributed by atoms with E-state index >= 15 is 0 Å². The summed E-state index contributed by atoms with van der Waals surface area (Å²) in [5, 5.41) is 13.8. The highest BCUT2D eigenvalue weighted by Crippen LogP contribution is 2.22. The van der Waals surface area contributed by atoms with Gasteiger partial charge in [0.05, 0.1) is 15.5 Å². The minimum absolute atomic E-state index is 0.0331. The fourth-order valence-corrected chi connectivity index (χ4v) is 4.13. The molecular formula is C16H18N2O6S2. The SMILES string of the molecule is Cc1ccc(NS(=O)(=O)c2ccc(CCC(=O)O)cc2)cc1S(N)(=O)=O. The maximum Gasteiger partial charge on any atom is 0.303 e. The summed E-state index contributed by atoms with van der Waals surface area (Å²) < 4.78 is 50.3. The van der Waals surface area contributed by atoms with Crippen LogP contribution in [0.15, 0.2) is 52.3 Å². The number of carboxylic acid groups (broad SMARTS) is 1. The van der Waals surface area contributed by atoms with Gasteiger partial charge in [0.15, 0.2) is 0 Å². The standard InChI is InChI=1S/C16H18N2O6S2/c1-11-2-6-13(10-15(11)25(17,21)22)18-26(23,24)14-7-3-12(4-8-14)5-9-16(19)20/h2-4,6-8,10,18H,5,9H2,1H3,(H,19,20)(H2,17,21,22). The largest absolute Gasteiger partial charge is 0.481 e. The molecule has 0 aliphatic carbocycles. The quantitative estimate of drug-likeness (QED) is 0.644. The zero-order valence-electron chi connectivity index (χ0n) is 13.8. The highest BCUT2D eigenvalue weighted by atomic mass is 32.2. The first kappa shape index (κ1) is 19.9. The number of rotatable bonds is 7. The molecule has 0 bridgehead atoms. The van der Waals surface area contributed by atoms with Crippen molar-refractivity contribution in [1.82, 2.24) is 0 Å². The Morgan fingerprint density at radius 3 is 2.23 bits per heavy atom. The van der Waals surface area contributed by atoms with Crippen molar-refractivity contribution in [1.29, 1.82) is 0 Å². The molecule has 140 valence electrons. The van der Waals surface area contributed by atoms with E-state index in [1.807, 2.05) is 0 Å². The first-order chi connectivity index (χ1) is 12.0. The third-order valence-corrected chi connectivity index (χ3v) is 6.06. The Morgan fingerprint density at radius 2 is 1.69 bits per heavy atom. The lowest BCUT2D eigenvalue weighted by Crippen LogP contribution is -2.16. The lowest BCUT2D eigenvalue weighted by molar-refractivity contribution is -0.136. The highest BCUT2D eigenvalue weighted by molar-refractivity contribution is 7.92. The monoisotopic (exact) mass is 398 g/mol. The van der Waals surface area contributed by atoms with Crippen molar-refractivity contribution in [2.24, 2.45) is 5.14 Å². The van der Waals surface area contributed by atoms with Gasteiger partial charge in [-0.05, 0) is 48.7 Å². The van der Waals surface area contributed by atoms with Crippen LogP contribution in [0.4, 0.5) is 5.69 Å². The minimum atomic E-state index is -3.98. The Morgan fingerprint density at radius 1 is 1.08 bits per heavy atom. The van der Waals surface area contributed by atoms with Crippen LogP contribution < -0.4 is 9.86 Å². The molecule has 0 aliphatic rings. The van der Waals surface area contributed by atoms with E-state index in [-0.39, 0.29) is 21.9 Å². The van der Waals surface area contributed by atoms with Gasteiger partial charge in [0.2, 0.25) is 10.0 Å². The Balaban J connectivity index is 2.25. The zero-order valence-corrected chi connectivity index (χ0v) is 15.5. The highest BCUT2D eigenvalue weighted by Gasteiger charge is 2.17. The van der Waals surface area contributed by atoms with Gasteiger partial charge in [0.25, 0.3) is 10.0 Å². The summed E-state index contributed by atoms with van der Waals surface area (Å²) in [7, 11) is -7.92. The summed E-state index contributed by atoms with van der Waals surface area (Å²) in [5.41, 5.74) is 1.16. The number of nitrogens with one attached hydrogen (secondary N) is 1. The molecule has 0 unspecified atom stereocenters. The van der Waals surface area contributed by atoms with Gasteiger partial charge >= 0.3 is 5.97 Å². The molecule has 0 fully saturated rings. The predicted octanol–water partition coefficient (Wildman–Crippen LogP) is 1.46. The second-order valence-electron chi connectivity index (χ2n) is 5.67. The number of primary sulfonamides is 1. The van der Waals surface area contributed by atoms with E-state index in [2.05, 4.69) is 4.72 Å². The Hall–Kier alpha value is -2.43. The molecular weight excluding hydrogens is 380 g/mol. The molecule has 0 atom stereocenters. The molecule has 0 saturated carbocycles. The van der Waals surface area contributed by atoms with Gasteiger partial charge in [-0.1, -0.05) is 18.2 Å². The molecule has 8 nitrogen and oxygen atoms in total. The number of aryl methyl sites for hydroxylation is 2. The van der Waals surface area contributed by atoms with E-state index in [0.717, 1.165) is 6.07 Å². The summed E-state index contributed by atoms with van der Waals surface area (Å²) in [4.78, 5) is 10.4. The van der Waals surface area contributed by atoms with E-state index in [1.54, 1.807) is 6.92 Å². The lowest BCUT2D eigenvalue weighted by Gasteiger charge is -2.11. The molecule has 4 N–H and O–H groups in total. The molecule has 0 heterocycles. The van der Waals surface area contributed by atoms with Gasteiger partial charge in [0.1, 0.15) is 0 Å². The van der Waals surface area contributed by atoms with Gasteiger partial charge in [-0.25, -0.2) is 22.0 Å². The van der Waals surface area contributed by atoms with Crippen LogP contribution in [0.1, 0.15) is 17.5 Å². The lowest BCUT2D eigenvalue weighted by atomic mass is 10.1. The average molecular weight is 398 g/mol. The number of benzene rings is 2. The fraction of sp³-hybridized carbons (Fsp3) is 0.188. The van der Waals surface area contributed by atoms with Crippen LogP contribution in [0.2, 0.25) is 0 Å². The van der Waals surface area contributed by atoms with Crippen molar-refractivity contribution >= 4 is 31.7 Å². The molecule has 10 heteroatoms. The van der Waals surface area contributed by atoms with Crippen LogP contribution in [-0.2, 0) is 31.3 Å². The number of nitrogens with two attached hydrogens (primary N) is 1. The van der Waals surface area contributed by atoms with Crippen LogP contribution in [0.5, 0.6) is 0 Å². The second kappa shape index (κ2) is 7.44. The van der Waals surface area contributed by atoms with E-state index < -0.39 is 26.0 Å². The fourth-order valence-electron chi connectivity index (χ4n) is 2.27. The van der Waals surface area contributed by atoms with Crippen molar-refractivity contribution in [3.63, 3.8) is 0 Å². The topological polar surface area (TPSA) is 144 Å². The summed E-state index contributed by atoms with van der Waals surface area (Å²) in [6.45, 7) is 1.55. The number of hydrogen-bond acceptors (Lipinski definition) is 5. The Kier molecular flexibility index (Phi) is 5.69. The van der Waals surface area contributed by atoms with E-state index in [0.29, 0.717) is 17.5 Å². The first-order valence-corrected chi connectivity index (χ1v) is 10.5. The molecule has 2 rings (SSSR count). The van der Waals surface area contributed by atoms with E-state index in [9.17, 15) is 21.6 Å². The van der Waals surface area contributed by atoms with Crippen LogP contribution in [-0.4, -0.2) is 27.9 Å². The van der Waals surface area contributed by atoms with Crippen molar-refractivity contribution in [3.8, 4) is 0 Å². The third-order valence-electron chi connectivity index (χ3n) is 3.61. The van der Waals surface area contributed by atoms with E-state index in [1.165, 1.54) is 36.4 Å². The van der Waals surface area contributed by atoms with Crippen LogP contribution in [0.3, 0.4) is 0 Å². The van der Waals surface area contributed by atoms with Crippen molar-refractivity contribution in [3.05, 3.63) is 53.6 Å². The minimum Gasteiger partial charge on any atom is -0.481 e. The zero-order chi connectivity index (χ0) is 19.5. The van der Waals surface area contributed by atoms with E-state index in [4.69, 9.17) is 10.2 Å². The van der Waals surface area contributed by atoms with Crippen molar-refractivity contribution < 1.29 is 26.7 Å². The predicted molar refractivity (Wildman–Crippen MR) is 95.8 cm³/mol. The Labute approximate surface area is 151 Å². The van der Waals surface area contributed by atoms with Gasteiger partial charge < -0.3 is 5.11 Å². The molecule has 0 aromatic heterocycles. The van der Waals surface area contributed by atoms with Gasteiger partial charge in [-0.2, -0.15) is 0 Å². The summed E-state index contributed by atoms with van der Waals surface area (Å²) in [6.07, 6.45) is 0.239. The maximum atomic E-state index is 12.4. The molecule has 0 aliphatic heterocycles. The summed E-state index contributed by atoms with van der Waals surface area (Å²) in [5.74, 6) is -0.937. The molecule has 2 aromatic carbocycles. The number of sulfonamides is 2. The molecule has 2 aromatic rings.